The molecule has 1 fully saturated rings. The first-order chi connectivity index (χ1) is 10.7. The fourth-order valence-electron chi connectivity index (χ4n) is 2.88. The van der Waals surface area contributed by atoms with Crippen molar-refractivity contribution in [2.45, 2.75) is 24.6 Å². The second-order valence-corrected chi connectivity index (χ2v) is 7.08. The first kappa shape index (κ1) is 17.3. The van der Waals surface area contributed by atoms with Crippen LogP contribution >= 0.6 is 11.8 Å². The van der Waals surface area contributed by atoms with E-state index in [1.165, 1.54) is 5.56 Å². The normalized spacial score (nSPS) is 22.5. The second kappa shape index (κ2) is 9.18. The van der Waals surface area contributed by atoms with Crippen LogP contribution in [0.4, 0.5) is 0 Å². The fourth-order valence-corrected chi connectivity index (χ4v) is 4.10. The Morgan fingerprint density at radius 2 is 2.18 bits per heavy atom. The molecule has 0 aliphatic carbocycles. The molecule has 0 unspecified atom stereocenters. The Bertz CT molecular complexity index is 455. The van der Waals surface area contributed by atoms with Crippen LogP contribution in [0.25, 0.3) is 0 Å². The van der Waals surface area contributed by atoms with E-state index in [4.69, 9.17) is 4.74 Å². The molecule has 2 rings (SSSR count). The number of nitrogens with one attached hydrogen (secondary N) is 1. The molecule has 1 aliphatic heterocycles. The van der Waals surface area contributed by atoms with Gasteiger partial charge in [0.1, 0.15) is 0 Å². The van der Waals surface area contributed by atoms with Crippen molar-refractivity contribution in [3.63, 3.8) is 0 Å². The van der Waals surface area contributed by atoms with E-state index < -0.39 is 0 Å². The number of thioether (sulfide) groups is 1. The fraction of sp³-hybridized carbons (Fsp3) is 0.588. The minimum atomic E-state index is 0.108. The van der Waals surface area contributed by atoms with Crippen molar-refractivity contribution in [2.24, 2.45) is 0 Å². The summed E-state index contributed by atoms with van der Waals surface area (Å²) in [5.41, 5.74) is 1.30. The molecule has 0 radical (unpaired) electrons. The highest BCUT2D eigenvalue weighted by molar-refractivity contribution is 8.00. The Labute approximate surface area is 137 Å². The first-order valence-electron chi connectivity index (χ1n) is 7.88. The standard InChI is InChI=1S/C17H26N2O2S/c1-14-17(15-7-4-3-5-8-15)19(10-12-22-14)13-16(20)18-9-6-11-21-2/h3-5,7-8,14,17H,6,9-13H2,1-2H3,(H,18,20)/t14-,17+/m0/s1. The molecule has 1 aromatic rings. The van der Waals surface area contributed by atoms with E-state index in [-0.39, 0.29) is 5.91 Å². The number of amides is 1. The zero-order chi connectivity index (χ0) is 15.8. The van der Waals surface area contributed by atoms with Crippen molar-refractivity contribution in [1.29, 1.82) is 0 Å². The smallest absolute Gasteiger partial charge is 0.234 e. The Balaban J connectivity index is 1.93. The monoisotopic (exact) mass is 322 g/mol. The molecule has 0 bridgehead atoms. The summed E-state index contributed by atoms with van der Waals surface area (Å²) in [6.45, 7) is 5.05. The lowest BCUT2D eigenvalue weighted by Crippen LogP contribution is -2.45. The lowest BCUT2D eigenvalue weighted by molar-refractivity contribution is -0.122. The van der Waals surface area contributed by atoms with E-state index in [2.05, 4.69) is 41.4 Å². The van der Waals surface area contributed by atoms with Crippen LogP contribution in [0, 0.1) is 0 Å². The molecular formula is C17H26N2O2S. The predicted octanol–water partition coefficient (Wildman–Crippen LogP) is 2.32. The number of benzene rings is 1. The Hall–Kier alpha value is -1.04. The SMILES string of the molecule is COCCCNC(=O)CN1CCS[C@@H](C)[C@@H]1c1ccccc1. The third kappa shape index (κ3) is 5.00. The maximum atomic E-state index is 12.2. The lowest BCUT2D eigenvalue weighted by Gasteiger charge is -2.39. The topological polar surface area (TPSA) is 41.6 Å². The number of hydrogen-bond acceptors (Lipinski definition) is 4. The summed E-state index contributed by atoms with van der Waals surface area (Å²) in [5.74, 6) is 1.19. The van der Waals surface area contributed by atoms with E-state index in [1.807, 2.05) is 17.8 Å². The van der Waals surface area contributed by atoms with Crippen molar-refractivity contribution >= 4 is 17.7 Å². The van der Waals surface area contributed by atoms with E-state index in [0.29, 0.717) is 31.0 Å². The van der Waals surface area contributed by atoms with Gasteiger partial charge < -0.3 is 10.1 Å². The number of rotatable bonds is 7. The van der Waals surface area contributed by atoms with Crippen LogP contribution in [-0.4, -0.2) is 55.2 Å². The molecule has 4 nitrogen and oxygen atoms in total. The van der Waals surface area contributed by atoms with Gasteiger partial charge in [-0.05, 0) is 12.0 Å². The molecular weight excluding hydrogens is 296 g/mol. The average molecular weight is 322 g/mol. The molecule has 1 saturated heterocycles. The maximum absolute atomic E-state index is 12.2. The third-order valence-electron chi connectivity index (χ3n) is 3.93. The summed E-state index contributed by atoms with van der Waals surface area (Å²) in [5, 5.41) is 3.48. The summed E-state index contributed by atoms with van der Waals surface area (Å²) in [4.78, 5) is 14.5. The van der Waals surface area contributed by atoms with Crippen molar-refractivity contribution in [3.8, 4) is 0 Å². The Morgan fingerprint density at radius 3 is 2.91 bits per heavy atom. The number of carbonyl (C=O) groups excluding carboxylic acids is 1. The minimum absolute atomic E-state index is 0.108. The predicted molar refractivity (Wildman–Crippen MR) is 92.2 cm³/mol. The highest BCUT2D eigenvalue weighted by Gasteiger charge is 2.31. The van der Waals surface area contributed by atoms with Crippen LogP contribution in [0.15, 0.2) is 30.3 Å². The van der Waals surface area contributed by atoms with Crippen LogP contribution in [0.3, 0.4) is 0 Å². The summed E-state index contributed by atoms with van der Waals surface area (Å²) in [6.07, 6.45) is 0.858. The highest BCUT2D eigenvalue weighted by Crippen LogP contribution is 2.35. The van der Waals surface area contributed by atoms with Gasteiger partial charge in [0.05, 0.1) is 6.54 Å². The molecule has 122 valence electrons. The van der Waals surface area contributed by atoms with Gasteiger partial charge in [0, 0.05) is 43.9 Å². The number of nitrogens with zero attached hydrogens (tertiary/aromatic N) is 1. The third-order valence-corrected chi connectivity index (χ3v) is 5.13. The molecule has 0 aromatic heterocycles. The Morgan fingerprint density at radius 1 is 1.41 bits per heavy atom. The number of ether oxygens (including phenoxy) is 1. The largest absolute Gasteiger partial charge is 0.385 e. The number of hydrogen-bond donors (Lipinski definition) is 1. The quantitative estimate of drug-likeness (QED) is 0.782. The van der Waals surface area contributed by atoms with Gasteiger partial charge in [0.15, 0.2) is 0 Å². The summed E-state index contributed by atoms with van der Waals surface area (Å²) < 4.78 is 5.00. The minimum Gasteiger partial charge on any atom is -0.385 e. The molecule has 1 aromatic carbocycles. The van der Waals surface area contributed by atoms with Crippen LogP contribution < -0.4 is 5.32 Å². The highest BCUT2D eigenvalue weighted by atomic mass is 32.2. The van der Waals surface area contributed by atoms with E-state index >= 15 is 0 Å². The van der Waals surface area contributed by atoms with E-state index in [1.54, 1.807) is 7.11 Å². The van der Waals surface area contributed by atoms with Gasteiger partial charge in [0.2, 0.25) is 5.91 Å². The lowest BCUT2D eigenvalue weighted by atomic mass is 10.0. The summed E-state index contributed by atoms with van der Waals surface area (Å²) >= 11 is 1.99. The molecule has 5 heteroatoms. The zero-order valence-corrected chi connectivity index (χ0v) is 14.3. The first-order valence-corrected chi connectivity index (χ1v) is 8.93. The van der Waals surface area contributed by atoms with Crippen LogP contribution in [0.2, 0.25) is 0 Å². The summed E-state index contributed by atoms with van der Waals surface area (Å²) in [7, 11) is 1.68. The van der Waals surface area contributed by atoms with Gasteiger partial charge in [0.25, 0.3) is 0 Å². The van der Waals surface area contributed by atoms with Gasteiger partial charge in [-0.15, -0.1) is 0 Å². The van der Waals surface area contributed by atoms with Crippen molar-refractivity contribution in [2.75, 3.05) is 39.1 Å². The van der Waals surface area contributed by atoms with Gasteiger partial charge >= 0.3 is 0 Å². The maximum Gasteiger partial charge on any atom is 0.234 e. The second-order valence-electron chi connectivity index (χ2n) is 5.60. The number of carbonyl (C=O) groups is 1. The summed E-state index contributed by atoms with van der Waals surface area (Å²) in [6, 6.07) is 10.8. The van der Waals surface area contributed by atoms with Gasteiger partial charge in [-0.25, -0.2) is 0 Å². The van der Waals surface area contributed by atoms with Gasteiger partial charge in [-0.3, -0.25) is 9.69 Å². The molecule has 0 spiro atoms. The molecule has 1 aliphatic rings. The van der Waals surface area contributed by atoms with Crippen molar-refractivity contribution in [3.05, 3.63) is 35.9 Å². The van der Waals surface area contributed by atoms with Crippen molar-refractivity contribution in [1.82, 2.24) is 10.2 Å². The molecule has 1 N–H and O–H groups in total. The molecule has 22 heavy (non-hydrogen) atoms. The van der Waals surface area contributed by atoms with Crippen molar-refractivity contribution < 1.29 is 9.53 Å². The molecule has 1 amide bonds. The van der Waals surface area contributed by atoms with E-state index in [9.17, 15) is 4.79 Å². The van der Waals surface area contributed by atoms with Gasteiger partial charge in [-0.2, -0.15) is 11.8 Å². The van der Waals surface area contributed by atoms with Gasteiger partial charge in [-0.1, -0.05) is 37.3 Å². The van der Waals surface area contributed by atoms with Crippen LogP contribution in [0.5, 0.6) is 0 Å². The molecule has 1 heterocycles. The Kier molecular flexibility index (Phi) is 7.22. The average Bonchev–Trinajstić information content (AvgIpc) is 2.53. The molecule has 0 saturated carbocycles. The number of methoxy groups -OCH3 is 1. The van der Waals surface area contributed by atoms with Crippen LogP contribution in [0.1, 0.15) is 24.9 Å². The molecule has 2 atom stereocenters. The van der Waals surface area contributed by atoms with E-state index in [0.717, 1.165) is 18.7 Å². The zero-order valence-electron chi connectivity index (χ0n) is 13.5. The van der Waals surface area contributed by atoms with Crippen LogP contribution in [-0.2, 0) is 9.53 Å².